The predicted molar refractivity (Wildman–Crippen MR) is 61.7 cm³/mol. The maximum atomic E-state index is 11.4. The van der Waals surface area contributed by atoms with E-state index in [-0.39, 0.29) is 18.6 Å². The molecule has 0 saturated carbocycles. The Bertz CT molecular complexity index is 163. The van der Waals surface area contributed by atoms with Crippen LogP contribution in [-0.4, -0.2) is 36.8 Å². The normalized spacial score (nSPS) is 12.5. The van der Waals surface area contributed by atoms with Gasteiger partial charge in [-0.1, -0.05) is 6.92 Å². The van der Waals surface area contributed by atoms with E-state index >= 15 is 0 Å². The van der Waals surface area contributed by atoms with Crippen LogP contribution in [0.25, 0.3) is 0 Å². The first kappa shape index (κ1) is 14.4. The van der Waals surface area contributed by atoms with Crippen LogP contribution in [0.15, 0.2) is 0 Å². The number of aliphatic hydroxyl groups excluding tert-OH is 1. The highest BCUT2D eigenvalue weighted by Gasteiger charge is 2.06. The summed E-state index contributed by atoms with van der Waals surface area (Å²) < 4.78 is 0. The minimum atomic E-state index is 0.104. The third-order valence-corrected chi connectivity index (χ3v) is 2.20. The molecule has 0 heterocycles. The smallest absolute Gasteiger partial charge is 0.221 e. The summed E-state index contributed by atoms with van der Waals surface area (Å²) in [6, 6.07) is 0.243. The fourth-order valence-electron chi connectivity index (χ4n) is 1.41. The van der Waals surface area contributed by atoms with E-state index < -0.39 is 0 Å². The molecule has 1 atom stereocenters. The van der Waals surface area contributed by atoms with Crippen molar-refractivity contribution < 1.29 is 9.90 Å². The Morgan fingerprint density at radius 1 is 1.33 bits per heavy atom. The van der Waals surface area contributed by atoms with E-state index in [1.54, 1.807) is 0 Å². The highest BCUT2D eigenvalue weighted by molar-refractivity contribution is 5.76. The third-order valence-electron chi connectivity index (χ3n) is 2.20. The van der Waals surface area contributed by atoms with E-state index in [9.17, 15) is 4.79 Å². The first-order valence-electron chi connectivity index (χ1n) is 5.81. The number of nitrogens with one attached hydrogen (secondary N) is 2. The molecule has 0 aromatic rings. The fourth-order valence-corrected chi connectivity index (χ4v) is 1.41. The van der Waals surface area contributed by atoms with Crippen molar-refractivity contribution in [2.75, 3.05) is 19.7 Å². The Morgan fingerprint density at radius 2 is 2.07 bits per heavy atom. The van der Waals surface area contributed by atoms with Crippen molar-refractivity contribution in [1.29, 1.82) is 0 Å². The lowest BCUT2D eigenvalue weighted by molar-refractivity contribution is -0.121. The number of rotatable bonds is 9. The van der Waals surface area contributed by atoms with E-state index in [1.807, 2.05) is 13.8 Å². The Balaban J connectivity index is 3.32. The molecule has 1 unspecified atom stereocenters. The summed E-state index contributed by atoms with van der Waals surface area (Å²) in [6.07, 6.45) is 3.28. The second-order valence-electron chi connectivity index (χ2n) is 3.80. The van der Waals surface area contributed by atoms with Gasteiger partial charge in [-0.15, -0.1) is 0 Å². The zero-order chi connectivity index (χ0) is 11.5. The molecule has 0 aliphatic rings. The SMILES string of the molecule is CCNC(C)CC(=O)NCCCCCO. The fraction of sp³-hybridized carbons (Fsp3) is 0.909. The van der Waals surface area contributed by atoms with Gasteiger partial charge in [0.2, 0.25) is 5.91 Å². The average Bonchev–Trinajstić information content (AvgIpc) is 2.17. The molecule has 0 radical (unpaired) electrons. The van der Waals surface area contributed by atoms with Gasteiger partial charge in [0, 0.05) is 25.6 Å². The van der Waals surface area contributed by atoms with Crippen LogP contribution in [0.1, 0.15) is 39.5 Å². The predicted octanol–water partition coefficient (Wildman–Crippen LogP) is 0.653. The van der Waals surface area contributed by atoms with Crippen LogP contribution in [0.4, 0.5) is 0 Å². The van der Waals surface area contributed by atoms with Gasteiger partial charge < -0.3 is 15.7 Å². The Hall–Kier alpha value is -0.610. The molecule has 0 aromatic heterocycles. The van der Waals surface area contributed by atoms with Crippen LogP contribution >= 0.6 is 0 Å². The van der Waals surface area contributed by atoms with Gasteiger partial charge in [-0.05, 0) is 32.7 Å². The number of aliphatic hydroxyl groups is 1. The molecule has 4 heteroatoms. The van der Waals surface area contributed by atoms with Crippen LogP contribution in [0, 0.1) is 0 Å². The summed E-state index contributed by atoms with van der Waals surface area (Å²) in [7, 11) is 0. The van der Waals surface area contributed by atoms with Crippen LogP contribution in [-0.2, 0) is 4.79 Å². The van der Waals surface area contributed by atoms with Crippen molar-refractivity contribution in [3.05, 3.63) is 0 Å². The number of hydrogen-bond acceptors (Lipinski definition) is 3. The standard InChI is InChI=1S/C11H24N2O2/c1-3-12-10(2)9-11(15)13-7-5-4-6-8-14/h10,12,14H,3-9H2,1-2H3,(H,13,15). The molecule has 0 rings (SSSR count). The van der Waals surface area contributed by atoms with Gasteiger partial charge in [0.1, 0.15) is 0 Å². The molecule has 4 nitrogen and oxygen atoms in total. The van der Waals surface area contributed by atoms with Crippen LogP contribution in [0.5, 0.6) is 0 Å². The molecule has 3 N–H and O–H groups in total. The number of carbonyl (C=O) groups excluding carboxylic acids is 1. The van der Waals surface area contributed by atoms with E-state index in [1.165, 1.54) is 0 Å². The van der Waals surface area contributed by atoms with E-state index in [0.29, 0.717) is 6.42 Å². The molecule has 90 valence electrons. The maximum Gasteiger partial charge on any atom is 0.221 e. The Morgan fingerprint density at radius 3 is 2.67 bits per heavy atom. The highest BCUT2D eigenvalue weighted by Crippen LogP contribution is 1.94. The zero-order valence-corrected chi connectivity index (χ0v) is 9.88. The number of carbonyl (C=O) groups is 1. The average molecular weight is 216 g/mol. The molecule has 0 aliphatic heterocycles. The van der Waals surface area contributed by atoms with Crippen molar-refractivity contribution in [3.63, 3.8) is 0 Å². The Kier molecular flexibility index (Phi) is 9.52. The summed E-state index contributed by atoms with van der Waals surface area (Å²) in [5.74, 6) is 0.104. The molecule has 1 amide bonds. The van der Waals surface area contributed by atoms with Gasteiger partial charge in [-0.25, -0.2) is 0 Å². The Labute approximate surface area is 92.4 Å². The van der Waals surface area contributed by atoms with E-state index in [4.69, 9.17) is 5.11 Å². The van der Waals surface area contributed by atoms with Crippen molar-refractivity contribution in [2.24, 2.45) is 0 Å². The largest absolute Gasteiger partial charge is 0.396 e. The quantitative estimate of drug-likeness (QED) is 0.496. The summed E-state index contributed by atoms with van der Waals surface area (Å²) in [4.78, 5) is 11.4. The minimum absolute atomic E-state index is 0.104. The van der Waals surface area contributed by atoms with Crippen molar-refractivity contribution in [3.8, 4) is 0 Å². The molecule has 0 aromatic carbocycles. The molecule has 0 saturated heterocycles. The van der Waals surface area contributed by atoms with Crippen LogP contribution in [0.3, 0.4) is 0 Å². The topological polar surface area (TPSA) is 61.4 Å². The van der Waals surface area contributed by atoms with Gasteiger partial charge in [0.25, 0.3) is 0 Å². The van der Waals surface area contributed by atoms with Crippen molar-refractivity contribution in [1.82, 2.24) is 10.6 Å². The van der Waals surface area contributed by atoms with Gasteiger partial charge in [-0.2, -0.15) is 0 Å². The summed E-state index contributed by atoms with van der Waals surface area (Å²) in [5, 5.41) is 14.6. The minimum Gasteiger partial charge on any atom is -0.396 e. The van der Waals surface area contributed by atoms with Gasteiger partial charge >= 0.3 is 0 Å². The van der Waals surface area contributed by atoms with Crippen LogP contribution in [0.2, 0.25) is 0 Å². The van der Waals surface area contributed by atoms with Gasteiger partial charge in [0.15, 0.2) is 0 Å². The molecule has 0 fully saturated rings. The third kappa shape index (κ3) is 9.69. The second kappa shape index (κ2) is 9.93. The monoisotopic (exact) mass is 216 g/mol. The number of hydrogen-bond donors (Lipinski definition) is 3. The second-order valence-corrected chi connectivity index (χ2v) is 3.80. The molecule has 0 aliphatic carbocycles. The number of amides is 1. The van der Waals surface area contributed by atoms with E-state index in [0.717, 1.165) is 32.4 Å². The molecule has 15 heavy (non-hydrogen) atoms. The summed E-state index contributed by atoms with van der Waals surface area (Å²) in [5.41, 5.74) is 0. The van der Waals surface area contributed by atoms with E-state index in [2.05, 4.69) is 10.6 Å². The van der Waals surface area contributed by atoms with Gasteiger partial charge in [0.05, 0.1) is 0 Å². The lowest BCUT2D eigenvalue weighted by atomic mass is 10.2. The van der Waals surface area contributed by atoms with Crippen molar-refractivity contribution >= 4 is 5.91 Å². The molecule has 0 spiro atoms. The summed E-state index contributed by atoms with van der Waals surface area (Å²) in [6.45, 7) is 5.90. The highest BCUT2D eigenvalue weighted by atomic mass is 16.2. The first-order chi connectivity index (χ1) is 7.20. The van der Waals surface area contributed by atoms with Crippen LogP contribution < -0.4 is 10.6 Å². The molecular formula is C11H24N2O2. The lowest BCUT2D eigenvalue weighted by Gasteiger charge is -2.11. The number of unbranched alkanes of at least 4 members (excludes halogenated alkanes) is 2. The lowest BCUT2D eigenvalue weighted by Crippen LogP contribution is -2.34. The molecular weight excluding hydrogens is 192 g/mol. The molecule has 0 bridgehead atoms. The van der Waals surface area contributed by atoms with Gasteiger partial charge in [-0.3, -0.25) is 4.79 Å². The van der Waals surface area contributed by atoms with Crippen molar-refractivity contribution in [2.45, 2.75) is 45.6 Å². The maximum absolute atomic E-state index is 11.4. The zero-order valence-electron chi connectivity index (χ0n) is 9.88. The summed E-state index contributed by atoms with van der Waals surface area (Å²) >= 11 is 0. The first-order valence-corrected chi connectivity index (χ1v) is 5.81.